The molecule has 23 heavy (non-hydrogen) atoms. The number of halogens is 1. The molecule has 0 aliphatic rings. The second-order valence-electron chi connectivity index (χ2n) is 7.01. The van der Waals surface area contributed by atoms with E-state index < -0.39 is 9.84 Å². The van der Waals surface area contributed by atoms with Crippen molar-refractivity contribution in [2.45, 2.75) is 65.8 Å². The molecule has 0 aliphatic carbocycles. The van der Waals surface area contributed by atoms with Gasteiger partial charge in [-0.25, -0.2) is 8.42 Å². The zero-order valence-corrected chi connectivity index (χ0v) is 18.8. The molecule has 0 saturated heterocycles. The van der Waals surface area contributed by atoms with Crippen LogP contribution in [0.25, 0.3) is 0 Å². The Hall–Kier alpha value is -0.0500. The van der Waals surface area contributed by atoms with Crippen LogP contribution in [0, 0.1) is 5.41 Å². The molecular formula is C16H36IN3O2S. The number of rotatable bonds is 10. The summed E-state index contributed by atoms with van der Waals surface area (Å²) in [7, 11) is -1.15. The van der Waals surface area contributed by atoms with Gasteiger partial charge >= 0.3 is 0 Å². The maximum Gasteiger partial charge on any atom is 0.191 e. The van der Waals surface area contributed by atoms with Gasteiger partial charge in [0.2, 0.25) is 0 Å². The van der Waals surface area contributed by atoms with E-state index in [2.05, 4.69) is 43.3 Å². The van der Waals surface area contributed by atoms with Gasteiger partial charge in [0.25, 0.3) is 0 Å². The lowest BCUT2D eigenvalue weighted by molar-refractivity contribution is 0.347. The molecule has 0 aromatic heterocycles. The van der Waals surface area contributed by atoms with Crippen LogP contribution in [0.3, 0.4) is 0 Å². The van der Waals surface area contributed by atoms with Crippen molar-refractivity contribution in [3.05, 3.63) is 0 Å². The van der Waals surface area contributed by atoms with Gasteiger partial charge in [-0.15, -0.1) is 24.0 Å². The third-order valence-corrected chi connectivity index (χ3v) is 4.68. The Morgan fingerprint density at radius 2 is 1.87 bits per heavy atom. The summed E-state index contributed by atoms with van der Waals surface area (Å²) in [6.07, 6.45) is 6.77. The van der Waals surface area contributed by atoms with Crippen molar-refractivity contribution in [3.63, 3.8) is 0 Å². The van der Waals surface area contributed by atoms with Crippen molar-refractivity contribution in [2.24, 2.45) is 10.4 Å². The van der Waals surface area contributed by atoms with Crippen molar-refractivity contribution in [1.29, 1.82) is 0 Å². The molecule has 0 saturated carbocycles. The second-order valence-corrected chi connectivity index (χ2v) is 9.27. The lowest BCUT2D eigenvalue weighted by atomic mass is 9.90. The summed E-state index contributed by atoms with van der Waals surface area (Å²) < 4.78 is 22.6. The molecule has 1 atom stereocenters. The van der Waals surface area contributed by atoms with Gasteiger partial charge < -0.3 is 10.6 Å². The summed E-state index contributed by atoms with van der Waals surface area (Å²) in [6.45, 7) is 9.21. The van der Waals surface area contributed by atoms with E-state index in [1.54, 1.807) is 7.05 Å². The minimum atomic E-state index is -2.91. The highest BCUT2D eigenvalue weighted by Gasteiger charge is 2.20. The molecule has 0 radical (unpaired) electrons. The lowest BCUT2D eigenvalue weighted by Crippen LogP contribution is -2.45. The standard InChI is InChI=1S/C16H35N3O2S.HI/c1-7-8-9-10-14(2)19-15(17-5)18-13-16(3,4)11-12-22(6,20)21;/h14H,7-13H2,1-6H3,(H2,17,18,19);1H. The van der Waals surface area contributed by atoms with Gasteiger partial charge in [0.1, 0.15) is 9.84 Å². The van der Waals surface area contributed by atoms with Crippen molar-refractivity contribution < 1.29 is 8.42 Å². The van der Waals surface area contributed by atoms with Crippen LogP contribution < -0.4 is 10.6 Å². The van der Waals surface area contributed by atoms with Crippen LogP contribution in [-0.4, -0.2) is 46.0 Å². The van der Waals surface area contributed by atoms with E-state index >= 15 is 0 Å². The molecule has 0 amide bonds. The Morgan fingerprint density at radius 3 is 2.35 bits per heavy atom. The smallest absolute Gasteiger partial charge is 0.191 e. The van der Waals surface area contributed by atoms with Gasteiger partial charge in [-0.2, -0.15) is 0 Å². The fraction of sp³-hybridized carbons (Fsp3) is 0.938. The minimum absolute atomic E-state index is 0. The van der Waals surface area contributed by atoms with Crippen LogP contribution in [0.4, 0.5) is 0 Å². The van der Waals surface area contributed by atoms with E-state index in [0.29, 0.717) is 19.0 Å². The number of unbranched alkanes of at least 4 members (excludes halogenated alkanes) is 2. The molecule has 0 spiro atoms. The average molecular weight is 461 g/mol. The van der Waals surface area contributed by atoms with Crippen LogP contribution in [0.15, 0.2) is 4.99 Å². The predicted octanol–water partition coefficient (Wildman–Crippen LogP) is 3.20. The van der Waals surface area contributed by atoms with Crippen molar-refractivity contribution >= 4 is 39.8 Å². The quantitative estimate of drug-likeness (QED) is 0.227. The number of aliphatic imine (C=N–C) groups is 1. The number of hydrogen-bond donors (Lipinski definition) is 2. The van der Waals surface area contributed by atoms with Gasteiger partial charge in [0, 0.05) is 25.9 Å². The van der Waals surface area contributed by atoms with Crippen molar-refractivity contribution in [3.8, 4) is 0 Å². The Kier molecular flexibility index (Phi) is 13.5. The summed E-state index contributed by atoms with van der Waals surface area (Å²) in [5, 5.41) is 6.70. The van der Waals surface area contributed by atoms with Crippen LogP contribution >= 0.6 is 24.0 Å². The van der Waals surface area contributed by atoms with E-state index in [1.165, 1.54) is 25.5 Å². The van der Waals surface area contributed by atoms with Crippen molar-refractivity contribution in [1.82, 2.24) is 10.6 Å². The minimum Gasteiger partial charge on any atom is -0.356 e. The first kappa shape index (κ1) is 25.2. The summed E-state index contributed by atoms with van der Waals surface area (Å²) in [6, 6.07) is 0.386. The fourth-order valence-corrected chi connectivity index (χ4v) is 3.00. The largest absolute Gasteiger partial charge is 0.356 e. The Bertz CT molecular complexity index is 437. The summed E-state index contributed by atoms with van der Waals surface area (Å²) in [5.41, 5.74) is -0.0911. The monoisotopic (exact) mass is 461 g/mol. The van der Waals surface area contributed by atoms with Crippen molar-refractivity contribution in [2.75, 3.05) is 25.6 Å². The lowest BCUT2D eigenvalue weighted by Gasteiger charge is -2.26. The maximum absolute atomic E-state index is 11.3. The Labute approximate surface area is 160 Å². The summed E-state index contributed by atoms with van der Waals surface area (Å²) in [5.74, 6) is 1.01. The molecule has 0 heterocycles. The van der Waals surface area contributed by atoms with Crippen LogP contribution in [0.5, 0.6) is 0 Å². The van der Waals surface area contributed by atoms with Crippen LogP contribution in [-0.2, 0) is 9.84 Å². The van der Waals surface area contributed by atoms with Gasteiger partial charge in [0.15, 0.2) is 5.96 Å². The molecule has 0 aromatic carbocycles. The second kappa shape index (κ2) is 12.3. The van der Waals surface area contributed by atoms with Gasteiger partial charge in [0.05, 0.1) is 5.75 Å². The molecule has 0 aromatic rings. The molecule has 0 aliphatic heterocycles. The molecule has 0 rings (SSSR count). The van der Waals surface area contributed by atoms with Crippen LogP contribution in [0.2, 0.25) is 0 Å². The summed E-state index contributed by atoms with van der Waals surface area (Å²) >= 11 is 0. The zero-order valence-electron chi connectivity index (χ0n) is 15.6. The third kappa shape index (κ3) is 15.2. The molecule has 2 N–H and O–H groups in total. The molecule has 140 valence electrons. The molecule has 5 nitrogen and oxygen atoms in total. The predicted molar refractivity (Wildman–Crippen MR) is 112 cm³/mol. The third-order valence-electron chi connectivity index (χ3n) is 3.73. The first-order valence-corrected chi connectivity index (χ1v) is 10.3. The molecule has 1 unspecified atom stereocenters. The maximum atomic E-state index is 11.3. The number of nitrogens with zero attached hydrogens (tertiary/aromatic N) is 1. The number of sulfone groups is 1. The van der Waals surface area contributed by atoms with Crippen LogP contribution in [0.1, 0.15) is 59.8 Å². The SMILES string of the molecule is CCCCCC(C)NC(=NC)NCC(C)(C)CCS(C)(=O)=O.I. The highest BCUT2D eigenvalue weighted by Crippen LogP contribution is 2.19. The van der Waals surface area contributed by atoms with Gasteiger partial charge in [-0.05, 0) is 25.2 Å². The number of guanidine groups is 1. The van der Waals surface area contributed by atoms with E-state index in [1.807, 2.05) is 0 Å². The molecule has 7 heteroatoms. The molecule has 0 fully saturated rings. The van der Waals surface area contributed by atoms with E-state index in [4.69, 9.17) is 0 Å². The fourth-order valence-electron chi connectivity index (χ4n) is 2.07. The Morgan fingerprint density at radius 1 is 1.26 bits per heavy atom. The highest BCUT2D eigenvalue weighted by molar-refractivity contribution is 14.0. The number of hydrogen-bond acceptors (Lipinski definition) is 3. The summed E-state index contributed by atoms with van der Waals surface area (Å²) in [4.78, 5) is 4.24. The first-order valence-electron chi connectivity index (χ1n) is 8.24. The topological polar surface area (TPSA) is 70.6 Å². The zero-order chi connectivity index (χ0) is 17.2. The number of nitrogens with one attached hydrogen (secondary N) is 2. The highest BCUT2D eigenvalue weighted by atomic mass is 127. The van der Waals surface area contributed by atoms with E-state index in [9.17, 15) is 8.42 Å². The van der Waals surface area contributed by atoms with E-state index in [-0.39, 0.29) is 35.1 Å². The van der Waals surface area contributed by atoms with Gasteiger partial charge in [-0.3, -0.25) is 4.99 Å². The first-order chi connectivity index (χ1) is 10.1. The molecule has 0 bridgehead atoms. The average Bonchev–Trinajstić information content (AvgIpc) is 2.41. The molecular weight excluding hydrogens is 425 g/mol. The Balaban J connectivity index is 0. The van der Waals surface area contributed by atoms with Gasteiger partial charge in [-0.1, -0.05) is 40.0 Å². The van der Waals surface area contributed by atoms with E-state index in [0.717, 1.165) is 12.4 Å². The normalized spacial score (nSPS) is 14.1.